The van der Waals surface area contributed by atoms with E-state index in [0.717, 1.165) is 28.6 Å². The van der Waals surface area contributed by atoms with E-state index in [1.54, 1.807) is 19.3 Å². The number of fused-ring (bicyclic) bond motifs is 2. The maximum atomic E-state index is 2.54. The molecule has 4 atom stereocenters. The van der Waals surface area contributed by atoms with Crippen molar-refractivity contribution in [3.63, 3.8) is 0 Å². The molecular formula is C13H20. The summed E-state index contributed by atoms with van der Waals surface area (Å²) in [7, 11) is 0. The van der Waals surface area contributed by atoms with Crippen molar-refractivity contribution in [3.8, 4) is 0 Å². The Morgan fingerprint density at radius 3 is 2.00 bits per heavy atom. The van der Waals surface area contributed by atoms with Crippen LogP contribution in [-0.2, 0) is 0 Å². The molecule has 0 amide bonds. The van der Waals surface area contributed by atoms with Crippen LogP contribution < -0.4 is 0 Å². The zero-order valence-electron chi connectivity index (χ0n) is 9.01. The van der Waals surface area contributed by atoms with Gasteiger partial charge in [-0.25, -0.2) is 0 Å². The summed E-state index contributed by atoms with van der Waals surface area (Å²) in [6.07, 6.45) is 4.72. The zero-order valence-corrected chi connectivity index (χ0v) is 9.01. The molecule has 4 saturated carbocycles. The van der Waals surface area contributed by atoms with Crippen LogP contribution in [0.15, 0.2) is 0 Å². The van der Waals surface area contributed by atoms with Gasteiger partial charge in [0.1, 0.15) is 0 Å². The van der Waals surface area contributed by atoms with Gasteiger partial charge in [-0.1, -0.05) is 20.8 Å². The first-order valence-corrected chi connectivity index (χ1v) is 6.12. The maximum absolute atomic E-state index is 2.54. The van der Waals surface area contributed by atoms with E-state index in [9.17, 15) is 0 Å². The Balaban J connectivity index is 1.40. The molecule has 0 aromatic heterocycles. The summed E-state index contributed by atoms with van der Waals surface area (Å²) in [5.74, 6) is 5.73. The van der Waals surface area contributed by atoms with E-state index in [4.69, 9.17) is 0 Å². The monoisotopic (exact) mass is 176 g/mol. The first kappa shape index (κ1) is 7.31. The average Bonchev–Trinajstić information content (AvgIpc) is 2.94. The molecule has 0 aromatic rings. The Bertz CT molecular complexity index is 272. The predicted octanol–water partition coefficient (Wildman–Crippen LogP) is 3.32. The van der Waals surface area contributed by atoms with E-state index < -0.39 is 0 Å². The molecule has 72 valence electrons. The maximum Gasteiger partial charge on any atom is -0.0206 e. The predicted molar refractivity (Wildman–Crippen MR) is 53.2 cm³/mol. The molecule has 0 heterocycles. The first-order chi connectivity index (χ1) is 6.12. The third-order valence-corrected chi connectivity index (χ3v) is 6.65. The van der Waals surface area contributed by atoms with Crippen LogP contribution >= 0.6 is 0 Å². The lowest BCUT2D eigenvalue weighted by molar-refractivity contribution is 0.302. The molecule has 0 heteroatoms. The standard InChI is InChI=1S/C13H20/c1-7-11-8(2)13(7,11)5-4-12(3)9-6-10(9)12/h7-11H,4-6H2,1-3H3. The van der Waals surface area contributed by atoms with Gasteiger partial charge in [0, 0.05) is 0 Å². The molecule has 0 aromatic carbocycles. The van der Waals surface area contributed by atoms with Crippen molar-refractivity contribution >= 4 is 0 Å². The molecule has 13 heavy (non-hydrogen) atoms. The van der Waals surface area contributed by atoms with Crippen molar-refractivity contribution in [2.24, 2.45) is 40.4 Å². The van der Waals surface area contributed by atoms with Crippen LogP contribution in [-0.4, -0.2) is 0 Å². The van der Waals surface area contributed by atoms with Gasteiger partial charge in [0.25, 0.3) is 0 Å². The van der Waals surface area contributed by atoms with Crippen LogP contribution in [0.25, 0.3) is 0 Å². The third-order valence-electron chi connectivity index (χ3n) is 6.65. The van der Waals surface area contributed by atoms with Crippen LogP contribution in [0.4, 0.5) is 0 Å². The van der Waals surface area contributed by atoms with Gasteiger partial charge in [0.2, 0.25) is 0 Å². The van der Waals surface area contributed by atoms with E-state index in [1.165, 1.54) is 11.8 Å². The van der Waals surface area contributed by atoms with Crippen LogP contribution in [0.2, 0.25) is 0 Å². The highest BCUT2D eigenvalue weighted by molar-refractivity contribution is 5.30. The molecule has 4 rings (SSSR count). The van der Waals surface area contributed by atoms with Gasteiger partial charge in [0.05, 0.1) is 0 Å². The van der Waals surface area contributed by atoms with E-state index in [2.05, 4.69) is 20.8 Å². The second-order valence-electron chi connectivity index (χ2n) is 6.67. The fraction of sp³-hybridized carbons (Fsp3) is 1.00. The Hall–Kier alpha value is 0. The molecule has 4 aliphatic carbocycles. The number of hydrogen-bond acceptors (Lipinski definition) is 0. The fourth-order valence-electron chi connectivity index (χ4n) is 4.93. The Morgan fingerprint density at radius 2 is 1.69 bits per heavy atom. The minimum atomic E-state index is 0.851. The molecule has 0 aliphatic heterocycles. The van der Waals surface area contributed by atoms with E-state index in [1.807, 2.05) is 0 Å². The Labute approximate surface area is 81.1 Å². The summed E-state index contributed by atoms with van der Waals surface area (Å²) < 4.78 is 0. The van der Waals surface area contributed by atoms with Gasteiger partial charge in [-0.3, -0.25) is 0 Å². The molecule has 4 aliphatic rings. The molecule has 0 spiro atoms. The first-order valence-electron chi connectivity index (χ1n) is 6.12. The van der Waals surface area contributed by atoms with Crippen LogP contribution in [0.3, 0.4) is 0 Å². The second kappa shape index (κ2) is 1.61. The number of rotatable bonds is 3. The molecule has 0 nitrogen and oxygen atoms in total. The smallest absolute Gasteiger partial charge is 0.0206 e. The van der Waals surface area contributed by atoms with Crippen molar-refractivity contribution < 1.29 is 0 Å². The van der Waals surface area contributed by atoms with Gasteiger partial charge < -0.3 is 0 Å². The molecular weight excluding hydrogens is 156 g/mol. The van der Waals surface area contributed by atoms with Crippen molar-refractivity contribution in [2.45, 2.75) is 40.0 Å². The van der Waals surface area contributed by atoms with Gasteiger partial charge in [-0.05, 0) is 59.7 Å². The molecule has 0 bridgehead atoms. The van der Waals surface area contributed by atoms with Crippen molar-refractivity contribution in [2.75, 3.05) is 0 Å². The summed E-state index contributed by atoms with van der Waals surface area (Å²) in [6.45, 7) is 7.48. The molecule has 4 fully saturated rings. The van der Waals surface area contributed by atoms with Crippen molar-refractivity contribution in [1.82, 2.24) is 0 Å². The number of hydrogen-bond donors (Lipinski definition) is 0. The molecule has 0 N–H and O–H groups in total. The Morgan fingerprint density at radius 1 is 1.08 bits per heavy atom. The lowest BCUT2D eigenvalue weighted by Crippen LogP contribution is -2.10. The second-order valence-corrected chi connectivity index (χ2v) is 6.67. The quantitative estimate of drug-likeness (QED) is 0.619. The zero-order chi connectivity index (χ0) is 9.01. The van der Waals surface area contributed by atoms with Gasteiger partial charge in [-0.2, -0.15) is 0 Å². The van der Waals surface area contributed by atoms with Gasteiger partial charge in [-0.15, -0.1) is 0 Å². The van der Waals surface area contributed by atoms with E-state index in [0.29, 0.717) is 0 Å². The highest BCUT2D eigenvalue weighted by Crippen LogP contribution is 2.87. The van der Waals surface area contributed by atoms with Crippen LogP contribution in [0.5, 0.6) is 0 Å². The van der Waals surface area contributed by atoms with Crippen molar-refractivity contribution in [1.29, 1.82) is 0 Å². The Kier molecular flexibility index (Phi) is 0.907. The summed E-state index contributed by atoms with van der Waals surface area (Å²) in [5.41, 5.74) is 1.74. The van der Waals surface area contributed by atoms with E-state index >= 15 is 0 Å². The molecule has 0 saturated heterocycles. The normalized spacial score (nSPS) is 75.5. The SMILES string of the molecule is CC1C2C(C)C12CCC1(C)C2CC21. The fourth-order valence-corrected chi connectivity index (χ4v) is 4.93. The van der Waals surface area contributed by atoms with E-state index in [-0.39, 0.29) is 0 Å². The largest absolute Gasteiger partial charge is 0.0617 e. The summed E-state index contributed by atoms with van der Waals surface area (Å²) >= 11 is 0. The minimum absolute atomic E-state index is 0.851. The van der Waals surface area contributed by atoms with Crippen LogP contribution in [0.1, 0.15) is 40.0 Å². The minimum Gasteiger partial charge on any atom is -0.0617 e. The summed E-state index contributed by atoms with van der Waals surface area (Å²) in [5, 5.41) is 0. The molecule has 4 unspecified atom stereocenters. The van der Waals surface area contributed by atoms with Crippen LogP contribution in [0, 0.1) is 40.4 Å². The lowest BCUT2D eigenvalue weighted by atomic mass is 9.85. The summed E-state index contributed by atoms with van der Waals surface area (Å²) in [6, 6.07) is 0. The highest BCUT2D eigenvalue weighted by atomic mass is 14.9. The lowest BCUT2D eigenvalue weighted by Gasteiger charge is -2.19. The topological polar surface area (TPSA) is 0 Å². The van der Waals surface area contributed by atoms with Gasteiger partial charge in [0.15, 0.2) is 0 Å². The summed E-state index contributed by atoms with van der Waals surface area (Å²) in [4.78, 5) is 0. The highest BCUT2D eigenvalue weighted by Gasteiger charge is 2.82. The van der Waals surface area contributed by atoms with Crippen molar-refractivity contribution in [3.05, 3.63) is 0 Å². The average molecular weight is 176 g/mol. The third kappa shape index (κ3) is 0.593. The van der Waals surface area contributed by atoms with Gasteiger partial charge >= 0.3 is 0 Å². The molecule has 0 radical (unpaired) electrons.